The average molecular weight is 407 g/mol. The van der Waals surface area contributed by atoms with E-state index in [1.807, 2.05) is 0 Å². The fourth-order valence-electron chi connectivity index (χ4n) is 3.56. The van der Waals surface area contributed by atoms with E-state index in [0.29, 0.717) is 6.42 Å². The third kappa shape index (κ3) is 5.14. The van der Waals surface area contributed by atoms with Crippen molar-refractivity contribution in [2.45, 2.75) is 62.1 Å². The number of fused-ring (bicyclic) bond motifs is 2. The number of hydrogen-bond donors (Lipinski definition) is 1. The van der Waals surface area contributed by atoms with E-state index in [2.05, 4.69) is 66.9 Å². The molecule has 2 heterocycles. The van der Waals surface area contributed by atoms with E-state index in [1.165, 1.54) is 11.3 Å². The number of rotatable bonds is 8. The molecule has 0 saturated carbocycles. The van der Waals surface area contributed by atoms with Crippen molar-refractivity contribution in [3.63, 3.8) is 0 Å². The van der Waals surface area contributed by atoms with Gasteiger partial charge in [0, 0.05) is 28.3 Å². The monoisotopic (exact) mass is 406 g/mol. The van der Waals surface area contributed by atoms with Crippen molar-refractivity contribution in [2.75, 3.05) is 0 Å². The molecule has 2 aliphatic heterocycles. The largest absolute Gasteiger partial charge is 0.456 e. The van der Waals surface area contributed by atoms with E-state index in [-0.39, 0.29) is 11.7 Å². The van der Waals surface area contributed by atoms with Crippen LogP contribution in [0.25, 0.3) is 0 Å². The van der Waals surface area contributed by atoms with Gasteiger partial charge in [-0.1, -0.05) is 48.4 Å². The topological polar surface area (TPSA) is 54.3 Å². The lowest BCUT2D eigenvalue weighted by Crippen LogP contribution is -2.23. The third-order valence-corrected chi connectivity index (χ3v) is 6.14. The lowest BCUT2D eigenvalue weighted by molar-refractivity contribution is 0.0297. The molecular formula is C24H26N2O2S. The molecule has 150 valence electrons. The molecule has 0 aromatic heterocycles. The molecule has 1 saturated heterocycles. The Morgan fingerprint density at radius 3 is 2.76 bits per heavy atom. The summed E-state index contributed by atoms with van der Waals surface area (Å²) in [4.78, 5) is 1.14. The van der Waals surface area contributed by atoms with Gasteiger partial charge in [0.1, 0.15) is 11.9 Å². The van der Waals surface area contributed by atoms with Crippen LogP contribution in [0.2, 0.25) is 0 Å². The van der Waals surface area contributed by atoms with E-state index >= 15 is 0 Å². The molecule has 4 rings (SSSR count). The molecule has 1 N–H and O–H groups in total. The highest BCUT2D eigenvalue weighted by Gasteiger charge is 2.34. The molecule has 4 nitrogen and oxygen atoms in total. The summed E-state index contributed by atoms with van der Waals surface area (Å²) in [6, 6.07) is 10.6. The molecule has 1 fully saturated rings. The number of ether oxygens (including phenoxy) is 2. The fourth-order valence-corrected chi connectivity index (χ4v) is 4.41. The Bertz CT molecular complexity index is 906. The molecule has 5 heteroatoms. The van der Waals surface area contributed by atoms with Gasteiger partial charge in [-0.15, -0.1) is 0 Å². The van der Waals surface area contributed by atoms with Crippen molar-refractivity contribution in [2.24, 2.45) is 0 Å². The molecule has 0 bridgehead atoms. The van der Waals surface area contributed by atoms with Crippen molar-refractivity contribution in [1.82, 2.24) is 5.32 Å². The summed E-state index contributed by atoms with van der Waals surface area (Å²) in [5.41, 5.74) is 4.40. The first kappa shape index (κ1) is 19.9. The lowest BCUT2D eigenvalue weighted by Gasteiger charge is -2.23. The minimum absolute atomic E-state index is 0.136. The van der Waals surface area contributed by atoms with Crippen LogP contribution in [0.15, 0.2) is 76.2 Å². The predicted octanol–water partition coefficient (Wildman–Crippen LogP) is 5.85. The number of unbranched alkanes of at least 4 members (excludes halogenated alkanes) is 4. The zero-order valence-electron chi connectivity index (χ0n) is 16.7. The minimum Gasteiger partial charge on any atom is -0.456 e. The van der Waals surface area contributed by atoms with Gasteiger partial charge in [-0.25, -0.2) is 0 Å². The normalized spacial score (nSPS) is 22.1. The van der Waals surface area contributed by atoms with Crippen molar-refractivity contribution < 1.29 is 9.47 Å². The van der Waals surface area contributed by atoms with Gasteiger partial charge in [-0.05, 0) is 56.5 Å². The molecule has 0 spiro atoms. The number of nitrogens with zero attached hydrogens (tertiary/aromatic N) is 1. The van der Waals surface area contributed by atoms with Gasteiger partial charge in [0.15, 0.2) is 0 Å². The first-order valence-electron chi connectivity index (χ1n) is 10.3. The van der Waals surface area contributed by atoms with E-state index in [9.17, 15) is 0 Å². The Labute approximate surface area is 177 Å². The molecule has 3 aliphatic rings. The summed E-state index contributed by atoms with van der Waals surface area (Å²) in [5.74, 6) is 0.876. The van der Waals surface area contributed by atoms with Crippen molar-refractivity contribution in [3.8, 4) is 6.07 Å². The van der Waals surface area contributed by atoms with Crippen LogP contribution in [0.1, 0.15) is 44.1 Å². The number of nitriles is 1. The van der Waals surface area contributed by atoms with E-state index in [4.69, 9.17) is 14.7 Å². The Morgan fingerprint density at radius 2 is 1.93 bits per heavy atom. The Morgan fingerprint density at radius 1 is 1.10 bits per heavy atom. The van der Waals surface area contributed by atoms with Gasteiger partial charge in [-0.2, -0.15) is 5.26 Å². The van der Waals surface area contributed by atoms with E-state index < -0.39 is 0 Å². The standard InChI is InChI=1S/C24H26N2O2S/c1-17-8-12-20(13-9-17)29-24-27-22-15-18-10-11-19(7-5-3-2-4-6-14-25)26-21(18)16-23(22)28-24/h8-13,15-16,23-24,26H,2-7H2,1H3. The predicted molar refractivity (Wildman–Crippen MR) is 116 cm³/mol. The molecule has 0 radical (unpaired) electrons. The third-order valence-electron chi connectivity index (χ3n) is 5.19. The van der Waals surface area contributed by atoms with Crippen LogP contribution in [0.3, 0.4) is 0 Å². The van der Waals surface area contributed by atoms with Crippen molar-refractivity contribution >= 4 is 11.8 Å². The molecule has 29 heavy (non-hydrogen) atoms. The second kappa shape index (κ2) is 9.39. The number of benzene rings is 1. The molecular weight excluding hydrogens is 380 g/mol. The highest BCUT2D eigenvalue weighted by Crippen LogP contribution is 2.39. The maximum Gasteiger partial charge on any atom is 0.254 e. The first-order valence-corrected chi connectivity index (χ1v) is 11.1. The van der Waals surface area contributed by atoms with Gasteiger partial charge in [0.2, 0.25) is 0 Å². The molecule has 0 amide bonds. The summed E-state index contributed by atoms with van der Waals surface area (Å²) in [6.07, 6.45) is 14.5. The first-order chi connectivity index (χ1) is 14.2. The van der Waals surface area contributed by atoms with Crippen LogP contribution in [0.4, 0.5) is 0 Å². The Kier molecular flexibility index (Phi) is 6.43. The quantitative estimate of drug-likeness (QED) is 0.549. The van der Waals surface area contributed by atoms with Crippen LogP contribution in [-0.4, -0.2) is 11.7 Å². The number of nitrogens with one attached hydrogen (secondary N) is 1. The van der Waals surface area contributed by atoms with Crippen molar-refractivity contribution in [1.29, 1.82) is 5.26 Å². The highest BCUT2D eigenvalue weighted by atomic mass is 32.2. The molecule has 1 aliphatic carbocycles. The molecule has 1 aromatic rings. The second-order valence-electron chi connectivity index (χ2n) is 7.53. The van der Waals surface area contributed by atoms with Gasteiger partial charge < -0.3 is 14.8 Å². The van der Waals surface area contributed by atoms with Crippen LogP contribution >= 0.6 is 11.8 Å². The number of hydrogen-bond acceptors (Lipinski definition) is 5. The maximum absolute atomic E-state index is 8.59. The number of allylic oxidation sites excluding steroid dienone is 4. The molecule has 2 atom stereocenters. The van der Waals surface area contributed by atoms with Crippen LogP contribution < -0.4 is 5.32 Å². The summed E-state index contributed by atoms with van der Waals surface area (Å²) >= 11 is 1.59. The Balaban J connectivity index is 1.31. The van der Waals surface area contributed by atoms with Crippen LogP contribution in [0.5, 0.6) is 0 Å². The van der Waals surface area contributed by atoms with Gasteiger partial charge in [-0.3, -0.25) is 0 Å². The minimum atomic E-state index is -0.326. The average Bonchev–Trinajstić information content (AvgIpc) is 3.11. The maximum atomic E-state index is 8.59. The SMILES string of the molecule is Cc1ccc(SC2OC3=CC4=CC=C(CCCCCCC#N)NC4=CC3O2)cc1. The van der Waals surface area contributed by atoms with Gasteiger partial charge in [0.25, 0.3) is 5.62 Å². The zero-order valence-corrected chi connectivity index (χ0v) is 17.5. The Hall–Kier alpha value is -2.42. The highest BCUT2D eigenvalue weighted by molar-refractivity contribution is 7.99. The number of aryl methyl sites for hydroxylation is 1. The molecule has 1 aromatic carbocycles. The van der Waals surface area contributed by atoms with Crippen LogP contribution in [0, 0.1) is 18.3 Å². The fraction of sp³-hybridized carbons (Fsp3) is 0.375. The zero-order chi connectivity index (χ0) is 20.1. The smallest absolute Gasteiger partial charge is 0.254 e. The molecule has 2 unspecified atom stereocenters. The van der Waals surface area contributed by atoms with E-state index in [1.54, 1.807) is 11.8 Å². The number of thioether (sulfide) groups is 1. The lowest BCUT2D eigenvalue weighted by atomic mass is 9.98. The second-order valence-corrected chi connectivity index (χ2v) is 8.62. The van der Waals surface area contributed by atoms with Crippen molar-refractivity contribution in [3.05, 3.63) is 76.9 Å². The summed E-state index contributed by atoms with van der Waals surface area (Å²) in [6.45, 7) is 2.09. The van der Waals surface area contributed by atoms with E-state index in [0.717, 1.165) is 54.0 Å². The number of dihydropyridines is 1. The van der Waals surface area contributed by atoms with Gasteiger partial charge >= 0.3 is 0 Å². The van der Waals surface area contributed by atoms with Gasteiger partial charge in [0.05, 0.1) is 6.07 Å². The summed E-state index contributed by atoms with van der Waals surface area (Å²) < 4.78 is 12.1. The summed E-state index contributed by atoms with van der Waals surface area (Å²) in [5, 5.41) is 12.2. The van der Waals surface area contributed by atoms with Crippen LogP contribution in [-0.2, 0) is 9.47 Å². The summed E-state index contributed by atoms with van der Waals surface area (Å²) in [7, 11) is 0.